The maximum absolute atomic E-state index is 11.5. The van der Waals surface area contributed by atoms with E-state index in [2.05, 4.69) is 10.3 Å². The van der Waals surface area contributed by atoms with Gasteiger partial charge in [0.05, 0.1) is 12.3 Å². The first-order chi connectivity index (χ1) is 16.9. The normalized spacial score (nSPS) is 10.8. The molecule has 2 aromatic rings. The van der Waals surface area contributed by atoms with Gasteiger partial charge >= 0.3 is 12.1 Å². The third kappa shape index (κ3) is 10.6. The molecule has 4 N–H and O–H groups in total. The van der Waals surface area contributed by atoms with Gasteiger partial charge < -0.3 is 30.5 Å². The summed E-state index contributed by atoms with van der Waals surface area (Å²) < 4.78 is 12.2. The topological polar surface area (TPSA) is 154 Å². The SMILES string of the molecule is N#CN=C(N)N(CCCCCCOc1ccc(Cl)cc1)c1cc[n+](COC(=O)NCC(=O)O)cc1. The third-order valence-corrected chi connectivity index (χ3v) is 4.97. The molecule has 0 saturated carbocycles. The van der Waals surface area contributed by atoms with Crippen molar-refractivity contribution in [1.82, 2.24) is 5.32 Å². The molecular formula is C23H28ClN6O5+. The molecule has 1 amide bonds. The van der Waals surface area contributed by atoms with Crippen molar-refractivity contribution in [3.8, 4) is 11.9 Å². The number of nitrogens with one attached hydrogen (secondary N) is 1. The molecule has 1 aromatic heterocycles. The number of alkyl carbamates (subject to hydrolysis) is 1. The number of aliphatic carboxylic acids is 1. The highest BCUT2D eigenvalue weighted by Gasteiger charge is 2.14. The minimum atomic E-state index is -1.16. The number of hydrogen-bond donors (Lipinski definition) is 3. The van der Waals surface area contributed by atoms with E-state index in [0.29, 0.717) is 18.2 Å². The van der Waals surface area contributed by atoms with Crippen molar-refractivity contribution in [1.29, 1.82) is 5.26 Å². The number of carboxylic acid groups (broad SMARTS) is 1. The zero-order chi connectivity index (χ0) is 25.5. The first-order valence-electron chi connectivity index (χ1n) is 10.9. The van der Waals surface area contributed by atoms with Crippen molar-refractivity contribution in [3.05, 3.63) is 53.8 Å². The minimum absolute atomic E-state index is 0.0839. The van der Waals surface area contributed by atoms with E-state index >= 15 is 0 Å². The number of nitriles is 1. The fourth-order valence-electron chi connectivity index (χ4n) is 2.98. The van der Waals surface area contributed by atoms with Crippen molar-refractivity contribution in [3.63, 3.8) is 0 Å². The molecule has 0 atom stereocenters. The van der Waals surface area contributed by atoms with Crippen LogP contribution in [0.25, 0.3) is 0 Å². The van der Waals surface area contributed by atoms with E-state index in [-0.39, 0.29) is 12.7 Å². The second-order valence-corrected chi connectivity index (χ2v) is 7.75. The predicted molar refractivity (Wildman–Crippen MR) is 129 cm³/mol. The lowest BCUT2D eigenvalue weighted by atomic mass is 10.2. The highest BCUT2D eigenvalue weighted by Crippen LogP contribution is 2.16. The molecule has 186 valence electrons. The summed E-state index contributed by atoms with van der Waals surface area (Å²) in [6.45, 7) is 0.543. The van der Waals surface area contributed by atoms with Gasteiger partial charge in [-0.05, 0) is 37.1 Å². The molecule has 0 aliphatic carbocycles. The number of pyridine rings is 1. The number of carboxylic acids is 1. The van der Waals surface area contributed by atoms with Crippen molar-refractivity contribution in [2.24, 2.45) is 10.7 Å². The fraction of sp³-hybridized carbons (Fsp3) is 0.348. The van der Waals surface area contributed by atoms with Crippen molar-refractivity contribution >= 4 is 35.3 Å². The number of carbonyl (C=O) groups is 2. The second-order valence-electron chi connectivity index (χ2n) is 7.32. The number of nitrogens with two attached hydrogens (primary N) is 1. The lowest BCUT2D eigenvalue weighted by Gasteiger charge is -2.22. The number of carbonyl (C=O) groups excluding carboxylic acids is 1. The molecule has 0 aliphatic heterocycles. The Labute approximate surface area is 208 Å². The number of rotatable bonds is 13. The maximum atomic E-state index is 11.5. The Morgan fingerprint density at radius 3 is 2.49 bits per heavy atom. The number of amides is 1. The molecule has 0 radical (unpaired) electrons. The summed E-state index contributed by atoms with van der Waals surface area (Å²) in [5.74, 6) is -0.295. The monoisotopic (exact) mass is 503 g/mol. The molecule has 12 heteroatoms. The Balaban J connectivity index is 1.79. The molecule has 35 heavy (non-hydrogen) atoms. The Morgan fingerprint density at radius 2 is 1.83 bits per heavy atom. The zero-order valence-corrected chi connectivity index (χ0v) is 19.9. The molecule has 0 spiro atoms. The van der Waals surface area contributed by atoms with Gasteiger partial charge in [-0.15, -0.1) is 4.99 Å². The molecule has 0 bridgehead atoms. The lowest BCUT2D eigenvalue weighted by Crippen LogP contribution is -2.41. The Morgan fingerprint density at radius 1 is 1.14 bits per heavy atom. The number of benzene rings is 1. The molecule has 2 rings (SSSR count). The molecular weight excluding hydrogens is 476 g/mol. The van der Waals surface area contributed by atoms with Gasteiger partial charge in [0.15, 0.2) is 12.4 Å². The van der Waals surface area contributed by atoms with Crippen LogP contribution in [0.4, 0.5) is 10.5 Å². The van der Waals surface area contributed by atoms with Crippen LogP contribution in [0.2, 0.25) is 5.02 Å². The third-order valence-electron chi connectivity index (χ3n) is 4.71. The van der Waals surface area contributed by atoms with Gasteiger partial charge in [-0.3, -0.25) is 4.79 Å². The Kier molecular flexibility index (Phi) is 11.6. The summed E-state index contributed by atoms with van der Waals surface area (Å²) in [5, 5.41) is 20.2. The van der Waals surface area contributed by atoms with Crippen LogP contribution in [0.5, 0.6) is 5.75 Å². The van der Waals surface area contributed by atoms with Crippen LogP contribution in [0.15, 0.2) is 53.8 Å². The van der Waals surface area contributed by atoms with Crippen LogP contribution in [0.1, 0.15) is 25.7 Å². The summed E-state index contributed by atoms with van der Waals surface area (Å²) in [4.78, 5) is 27.3. The van der Waals surface area contributed by atoms with E-state index in [1.165, 1.54) is 0 Å². The van der Waals surface area contributed by atoms with Crippen LogP contribution >= 0.6 is 11.6 Å². The Bertz CT molecular complexity index is 1020. The quantitative estimate of drug-likeness (QED) is 0.124. The van der Waals surface area contributed by atoms with Gasteiger partial charge in [-0.25, -0.2) is 4.79 Å². The van der Waals surface area contributed by atoms with E-state index < -0.39 is 18.6 Å². The highest BCUT2D eigenvalue weighted by molar-refractivity contribution is 6.30. The number of hydrogen-bond acceptors (Lipinski definition) is 6. The van der Waals surface area contributed by atoms with E-state index in [1.807, 2.05) is 12.1 Å². The molecule has 1 aromatic carbocycles. The van der Waals surface area contributed by atoms with Gasteiger partial charge in [0.1, 0.15) is 12.3 Å². The number of guanidine groups is 1. The number of aromatic nitrogens is 1. The van der Waals surface area contributed by atoms with Gasteiger partial charge in [0, 0.05) is 23.7 Å². The standard InChI is InChI=1S/C23H27ClN6O5/c24-18-5-7-20(8-6-18)34-14-4-2-1-3-11-30(22(26)28-16-25)19-9-12-29(13-10-19)17-35-23(33)27-15-21(31)32/h5-10,12-13H,1-4,11,14-15,17H2,(H3-,26,27,28,31,32,33)/p+1. The van der Waals surface area contributed by atoms with E-state index in [0.717, 1.165) is 37.1 Å². The second kappa shape index (κ2) is 15.0. The number of ether oxygens (including phenoxy) is 2. The van der Waals surface area contributed by atoms with Gasteiger partial charge in [0.25, 0.3) is 6.73 Å². The smallest absolute Gasteiger partial charge is 0.412 e. The van der Waals surface area contributed by atoms with E-state index in [9.17, 15) is 9.59 Å². The molecule has 0 aliphatic rings. The first-order valence-corrected chi connectivity index (χ1v) is 11.3. The molecule has 0 unspecified atom stereocenters. The summed E-state index contributed by atoms with van der Waals surface area (Å²) >= 11 is 5.86. The van der Waals surface area contributed by atoms with Gasteiger partial charge in [-0.1, -0.05) is 24.4 Å². The van der Waals surface area contributed by atoms with E-state index in [4.69, 9.17) is 37.2 Å². The Hall–Kier alpha value is -4.04. The van der Waals surface area contributed by atoms with Crippen molar-refractivity contribution in [2.75, 3.05) is 24.6 Å². The fourth-order valence-corrected chi connectivity index (χ4v) is 3.11. The first kappa shape index (κ1) is 27.2. The molecule has 0 fully saturated rings. The van der Waals surface area contributed by atoms with Crippen molar-refractivity contribution in [2.45, 2.75) is 32.4 Å². The summed E-state index contributed by atoms with van der Waals surface area (Å²) in [7, 11) is 0. The van der Waals surface area contributed by atoms with Gasteiger partial charge in [-0.2, -0.15) is 9.83 Å². The number of nitrogens with zero attached hydrogens (tertiary/aromatic N) is 4. The minimum Gasteiger partial charge on any atom is -0.494 e. The average Bonchev–Trinajstić information content (AvgIpc) is 2.85. The number of aliphatic imine (C=N–C) groups is 1. The number of halogens is 1. The van der Waals surface area contributed by atoms with Crippen LogP contribution in [-0.2, 0) is 16.3 Å². The number of unbranched alkanes of at least 4 members (excludes halogenated alkanes) is 3. The average molecular weight is 504 g/mol. The van der Waals surface area contributed by atoms with E-state index in [1.54, 1.807) is 52.3 Å². The molecule has 11 nitrogen and oxygen atoms in total. The van der Waals surface area contributed by atoms with Crippen LogP contribution < -0.4 is 25.3 Å². The molecule has 0 saturated heterocycles. The van der Waals surface area contributed by atoms with Gasteiger partial charge in [0.2, 0.25) is 12.2 Å². The van der Waals surface area contributed by atoms with Crippen molar-refractivity contribution < 1.29 is 28.7 Å². The lowest BCUT2D eigenvalue weighted by molar-refractivity contribution is -0.727. The predicted octanol–water partition coefficient (Wildman–Crippen LogP) is 2.64. The van der Waals surface area contributed by atoms with Crippen LogP contribution in [0.3, 0.4) is 0 Å². The highest BCUT2D eigenvalue weighted by atomic mass is 35.5. The largest absolute Gasteiger partial charge is 0.494 e. The number of anilines is 1. The summed E-state index contributed by atoms with van der Waals surface area (Å²) in [6, 6.07) is 10.7. The van der Waals surface area contributed by atoms with Crippen LogP contribution in [-0.4, -0.2) is 42.8 Å². The summed E-state index contributed by atoms with van der Waals surface area (Å²) in [5.41, 5.74) is 6.71. The molecule has 1 heterocycles. The maximum Gasteiger partial charge on any atom is 0.412 e. The zero-order valence-electron chi connectivity index (χ0n) is 19.1. The summed E-state index contributed by atoms with van der Waals surface area (Å²) in [6.07, 6.45) is 7.82. The van der Waals surface area contributed by atoms with Crippen LogP contribution in [0, 0.1) is 11.5 Å².